The highest BCUT2D eigenvalue weighted by atomic mass is 16.4. The van der Waals surface area contributed by atoms with Gasteiger partial charge in [-0.1, -0.05) is 6.58 Å². The van der Waals surface area contributed by atoms with Crippen molar-refractivity contribution in [2.24, 2.45) is 0 Å². The summed E-state index contributed by atoms with van der Waals surface area (Å²) < 4.78 is 0. The molecule has 14 heavy (non-hydrogen) atoms. The summed E-state index contributed by atoms with van der Waals surface area (Å²) >= 11 is 0. The van der Waals surface area contributed by atoms with Crippen molar-refractivity contribution in [2.45, 2.75) is 25.3 Å². The van der Waals surface area contributed by atoms with E-state index in [-0.39, 0.29) is 5.57 Å². The fraction of sp³-hybridized carbons (Fsp3) is 0.600. The second-order valence-corrected chi connectivity index (χ2v) is 3.52. The van der Waals surface area contributed by atoms with Gasteiger partial charge in [0.25, 0.3) is 0 Å². The molecule has 0 aromatic rings. The SMILES string of the molecule is C=C(CN(CCC#N)C1CC1)C(=O)O. The van der Waals surface area contributed by atoms with Gasteiger partial charge >= 0.3 is 5.97 Å². The van der Waals surface area contributed by atoms with Crippen LogP contribution in [-0.4, -0.2) is 35.1 Å². The summed E-state index contributed by atoms with van der Waals surface area (Å²) in [4.78, 5) is 12.6. The fourth-order valence-electron chi connectivity index (χ4n) is 1.34. The van der Waals surface area contributed by atoms with E-state index in [1.807, 2.05) is 4.90 Å². The maximum Gasteiger partial charge on any atom is 0.332 e. The summed E-state index contributed by atoms with van der Waals surface area (Å²) in [5.74, 6) is -0.951. The molecule has 0 radical (unpaired) electrons. The molecule has 0 aliphatic heterocycles. The molecule has 0 aromatic carbocycles. The summed E-state index contributed by atoms with van der Waals surface area (Å²) in [6.45, 7) is 4.51. The van der Waals surface area contributed by atoms with Crippen LogP contribution in [0.25, 0.3) is 0 Å². The average Bonchev–Trinajstić information content (AvgIpc) is 2.94. The normalized spacial score (nSPS) is 15.1. The van der Waals surface area contributed by atoms with Gasteiger partial charge in [0.1, 0.15) is 0 Å². The van der Waals surface area contributed by atoms with Crippen LogP contribution in [0.15, 0.2) is 12.2 Å². The first-order valence-electron chi connectivity index (χ1n) is 4.67. The van der Waals surface area contributed by atoms with Gasteiger partial charge in [-0.05, 0) is 12.8 Å². The Kier molecular flexibility index (Phi) is 3.66. The third-order valence-electron chi connectivity index (χ3n) is 2.27. The van der Waals surface area contributed by atoms with E-state index in [9.17, 15) is 4.79 Å². The first-order valence-corrected chi connectivity index (χ1v) is 4.67. The molecule has 0 aromatic heterocycles. The van der Waals surface area contributed by atoms with Crippen LogP contribution < -0.4 is 0 Å². The van der Waals surface area contributed by atoms with Crippen LogP contribution in [0.4, 0.5) is 0 Å². The van der Waals surface area contributed by atoms with E-state index in [1.54, 1.807) is 0 Å². The highest BCUT2D eigenvalue weighted by Crippen LogP contribution is 2.27. The molecule has 0 spiro atoms. The van der Waals surface area contributed by atoms with E-state index >= 15 is 0 Å². The van der Waals surface area contributed by atoms with Crippen LogP contribution in [0.2, 0.25) is 0 Å². The lowest BCUT2D eigenvalue weighted by Crippen LogP contribution is -2.30. The van der Waals surface area contributed by atoms with Gasteiger partial charge in [0, 0.05) is 31.1 Å². The van der Waals surface area contributed by atoms with Crippen molar-refractivity contribution in [3.63, 3.8) is 0 Å². The number of carboxylic acids is 1. The molecule has 0 heterocycles. The van der Waals surface area contributed by atoms with E-state index in [0.29, 0.717) is 25.6 Å². The van der Waals surface area contributed by atoms with Gasteiger partial charge in [-0.3, -0.25) is 4.90 Å². The van der Waals surface area contributed by atoms with Crippen molar-refractivity contribution >= 4 is 5.97 Å². The zero-order chi connectivity index (χ0) is 10.6. The minimum Gasteiger partial charge on any atom is -0.478 e. The predicted octanol–water partition coefficient (Wildman–Crippen LogP) is 1.01. The fourth-order valence-corrected chi connectivity index (χ4v) is 1.34. The predicted molar refractivity (Wildman–Crippen MR) is 51.6 cm³/mol. The van der Waals surface area contributed by atoms with Gasteiger partial charge in [0.05, 0.1) is 6.07 Å². The first kappa shape index (κ1) is 10.7. The average molecular weight is 194 g/mol. The second-order valence-electron chi connectivity index (χ2n) is 3.52. The number of nitriles is 1. The minimum absolute atomic E-state index is 0.204. The van der Waals surface area contributed by atoms with E-state index in [0.717, 1.165) is 12.8 Å². The Labute approximate surface area is 83.4 Å². The van der Waals surface area contributed by atoms with Crippen molar-refractivity contribution in [1.82, 2.24) is 4.90 Å². The first-order chi connectivity index (χ1) is 6.65. The summed E-state index contributed by atoms with van der Waals surface area (Å²) in [6, 6.07) is 2.54. The minimum atomic E-state index is -0.951. The molecular formula is C10H14N2O2. The van der Waals surface area contributed by atoms with E-state index in [4.69, 9.17) is 10.4 Å². The lowest BCUT2D eigenvalue weighted by molar-refractivity contribution is -0.132. The largest absolute Gasteiger partial charge is 0.478 e. The van der Waals surface area contributed by atoms with Gasteiger partial charge in [-0.15, -0.1) is 0 Å². The van der Waals surface area contributed by atoms with E-state index in [2.05, 4.69) is 12.6 Å². The van der Waals surface area contributed by atoms with Gasteiger partial charge in [-0.2, -0.15) is 5.26 Å². The second kappa shape index (κ2) is 4.77. The Hall–Kier alpha value is -1.34. The van der Waals surface area contributed by atoms with Crippen molar-refractivity contribution in [3.05, 3.63) is 12.2 Å². The smallest absolute Gasteiger partial charge is 0.332 e. The molecular weight excluding hydrogens is 180 g/mol. The Morgan fingerprint density at radius 1 is 1.64 bits per heavy atom. The number of carbonyl (C=O) groups is 1. The highest BCUT2D eigenvalue weighted by molar-refractivity contribution is 5.86. The molecule has 0 bridgehead atoms. The summed E-state index contributed by atoms with van der Waals surface area (Å²) in [5.41, 5.74) is 0.204. The molecule has 1 aliphatic carbocycles. The van der Waals surface area contributed by atoms with E-state index < -0.39 is 5.97 Å². The van der Waals surface area contributed by atoms with Crippen molar-refractivity contribution in [3.8, 4) is 6.07 Å². The molecule has 0 unspecified atom stereocenters. The van der Waals surface area contributed by atoms with Crippen LogP contribution in [0.3, 0.4) is 0 Å². The summed E-state index contributed by atoms with van der Waals surface area (Å²) in [7, 11) is 0. The molecule has 4 nitrogen and oxygen atoms in total. The molecule has 1 aliphatic rings. The summed E-state index contributed by atoms with van der Waals surface area (Å²) in [6.07, 6.45) is 2.67. The number of hydrogen-bond acceptors (Lipinski definition) is 3. The van der Waals surface area contributed by atoms with Gasteiger partial charge in [0.15, 0.2) is 0 Å². The van der Waals surface area contributed by atoms with Crippen LogP contribution in [0, 0.1) is 11.3 Å². The number of hydrogen-bond donors (Lipinski definition) is 1. The number of rotatable bonds is 6. The highest BCUT2D eigenvalue weighted by Gasteiger charge is 2.29. The van der Waals surface area contributed by atoms with Crippen molar-refractivity contribution in [1.29, 1.82) is 5.26 Å². The number of nitrogens with zero attached hydrogens (tertiary/aromatic N) is 2. The molecule has 1 saturated carbocycles. The number of carboxylic acid groups (broad SMARTS) is 1. The van der Waals surface area contributed by atoms with Gasteiger partial charge in [-0.25, -0.2) is 4.79 Å². The van der Waals surface area contributed by atoms with Crippen molar-refractivity contribution in [2.75, 3.05) is 13.1 Å². The van der Waals surface area contributed by atoms with Gasteiger partial charge in [0.2, 0.25) is 0 Å². The molecule has 1 N–H and O–H groups in total. The van der Waals surface area contributed by atoms with Crippen LogP contribution in [0.5, 0.6) is 0 Å². The third-order valence-corrected chi connectivity index (χ3v) is 2.27. The van der Waals surface area contributed by atoms with Crippen LogP contribution in [-0.2, 0) is 4.79 Å². The quantitative estimate of drug-likeness (QED) is 0.641. The van der Waals surface area contributed by atoms with Gasteiger partial charge < -0.3 is 5.11 Å². The Morgan fingerprint density at radius 2 is 2.29 bits per heavy atom. The lowest BCUT2D eigenvalue weighted by Gasteiger charge is -2.20. The molecule has 1 fully saturated rings. The van der Waals surface area contributed by atoms with Crippen LogP contribution >= 0.6 is 0 Å². The summed E-state index contributed by atoms with van der Waals surface area (Å²) in [5, 5.41) is 17.1. The maximum absolute atomic E-state index is 10.6. The molecule has 1 rings (SSSR count). The van der Waals surface area contributed by atoms with Crippen molar-refractivity contribution < 1.29 is 9.90 Å². The Balaban J connectivity index is 2.39. The lowest BCUT2D eigenvalue weighted by atomic mass is 10.2. The molecule has 76 valence electrons. The zero-order valence-corrected chi connectivity index (χ0v) is 8.07. The standard InChI is InChI=1S/C10H14N2O2/c1-8(10(13)14)7-12(6-2-5-11)9-3-4-9/h9H,1-4,6-7H2,(H,13,14). The topological polar surface area (TPSA) is 64.3 Å². The Bertz CT molecular complexity index is 276. The molecule has 4 heteroatoms. The monoisotopic (exact) mass is 194 g/mol. The van der Waals surface area contributed by atoms with Crippen LogP contribution in [0.1, 0.15) is 19.3 Å². The third kappa shape index (κ3) is 3.19. The Morgan fingerprint density at radius 3 is 2.71 bits per heavy atom. The molecule has 0 amide bonds. The maximum atomic E-state index is 10.6. The zero-order valence-electron chi connectivity index (χ0n) is 8.07. The van der Waals surface area contributed by atoms with E-state index in [1.165, 1.54) is 0 Å². The number of aliphatic carboxylic acids is 1. The molecule has 0 saturated heterocycles. The molecule has 0 atom stereocenters.